The summed E-state index contributed by atoms with van der Waals surface area (Å²) in [6.07, 6.45) is 6.26. The molecular formula is C11H22N2O2. The fourth-order valence-corrected chi connectivity index (χ4v) is 2.32. The van der Waals surface area contributed by atoms with Gasteiger partial charge in [-0.2, -0.15) is 0 Å². The van der Waals surface area contributed by atoms with Crippen LogP contribution in [0.1, 0.15) is 46.0 Å². The van der Waals surface area contributed by atoms with Gasteiger partial charge in [0.2, 0.25) is 5.54 Å². The van der Waals surface area contributed by atoms with Gasteiger partial charge in [0, 0.05) is 24.8 Å². The van der Waals surface area contributed by atoms with E-state index in [0.717, 1.165) is 0 Å². The molecule has 1 rings (SSSR count). The maximum atomic E-state index is 10.8. The predicted octanol–water partition coefficient (Wildman–Crippen LogP) is 2.31. The topological polar surface area (TPSA) is 46.4 Å². The van der Waals surface area contributed by atoms with Crippen molar-refractivity contribution in [2.45, 2.75) is 57.5 Å². The van der Waals surface area contributed by atoms with E-state index in [-0.39, 0.29) is 4.92 Å². The lowest BCUT2D eigenvalue weighted by atomic mass is 9.93. The highest BCUT2D eigenvalue weighted by atomic mass is 16.6. The molecule has 0 atom stereocenters. The summed E-state index contributed by atoms with van der Waals surface area (Å²) in [6, 6.07) is 0.554. The van der Waals surface area contributed by atoms with E-state index in [2.05, 4.69) is 4.90 Å². The average molecular weight is 214 g/mol. The molecule has 88 valence electrons. The number of nitro groups is 1. The third kappa shape index (κ3) is 3.45. The second-order valence-electron chi connectivity index (χ2n) is 5.28. The summed E-state index contributed by atoms with van der Waals surface area (Å²) in [5.74, 6) is 0. The number of nitrogens with zero attached hydrogens (tertiary/aromatic N) is 2. The van der Waals surface area contributed by atoms with Crippen LogP contribution in [0.3, 0.4) is 0 Å². The summed E-state index contributed by atoms with van der Waals surface area (Å²) in [6.45, 7) is 3.95. The molecule has 15 heavy (non-hydrogen) atoms. The molecule has 0 aromatic rings. The van der Waals surface area contributed by atoms with Crippen molar-refractivity contribution in [2.24, 2.45) is 0 Å². The lowest BCUT2D eigenvalue weighted by Crippen LogP contribution is -2.46. The van der Waals surface area contributed by atoms with Gasteiger partial charge < -0.3 is 0 Å². The van der Waals surface area contributed by atoms with Crippen LogP contribution in [0.5, 0.6) is 0 Å². The molecule has 0 bridgehead atoms. The van der Waals surface area contributed by atoms with Gasteiger partial charge in [0.05, 0.1) is 6.54 Å². The average Bonchev–Trinajstić information content (AvgIpc) is 2.18. The molecule has 4 nitrogen and oxygen atoms in total. The largest absolute Gasteiger partial charge is 0.297 e. The Kier molecular flexibility index (Phi) is 4.08. The van der Waals surface area contributed by atoms with Gasteiger partial charge in [0.25, 0.3) is 0 Å². The molecule has 0 unspecified atom stereocenters. The maximum Gasteiger partial charge on any atom is 0.229 e. The molecule has 1 aliphatic carbocycles. The monoisotopic (exact) mass is 214 g/mol. The van der Waals surface area contributed by atoms with Crippen molar-refractivity contribution in [3.8, 4) is 0 Å². The van der Waals surface area contributed by atoms with Crippen molar-refractivity contribution in [1.82, 2.24) is 4.90 Å². The highest BCUT2D eigenvalue weighted by Crippen LogP contribution is 2.23. The van der Waals surface area contributed by atoms with E-state index in [1.165, 1.54) is 32.1 Å². The standard InChI is InChI=1S/C11H22N2O2/c1-11(2,13(14)15)9-12(3)10-7-5-4-6-8-10/h10H,4-9H2,1-3H3. The molecule has 0 amide bonds. The molecule has 4 heteroatoms. The summed E-state index contributed by atoms with van der Waals surface area (Å²) in [5.41, 5.74) is -0.827. The molecule has 1 aliphatic rings. The van der Waals surface area contributed by atoms with Gasteiger partial charge in [-0.3, -0.25) is 15.0 Å². The van der Waals surface area contributed by atoms with Gasteiger partial charge in [0.1, 0.15) is 0 Å². The molecule has 1 saturated carbocycles. The summed E-state index contributed by atoms with van der Waals surface area (Å²) in [7, 11) is 2.02. The first-order chi connectivity index (χ1) is 6.93. The van der Waals surface area contributed by atoms with Crippen molar-refractivity contribution in [2.75, 3.05) is 13.6 Å². The molecular weight excluding hydrogens is 192 g/mol. The van der Waals surface area contributed by atoms with Gasteiger partial charge >= 0.3 is 0 Å². The molecule has 1 fully saturated rings. The zero-order valence-corrected chi connectivity index (χ0v) is 10.0. The summed E-state index contributed by atoms with van der Waals surface area (Å²) < 4.78 is 0. The number of hydrogen-bond donors (Lipinski definition) is 0. The Balaban J connectivity index is 2.46. The fraction of sp³-hybridized carbons (Fsp3) is 1.00. The van der Waals surface area contributed by atoms with E-state index in [1.807, 2.05) is 7.05 Å². The van der Waals surface area contributed by atoms with Crippen molar-refractivity contribution in [3.63, 3.8) is 0 Å². The van der Waals surface area contributed by atoms with Gasteiger partial charge in [0.15, 0.2) is 0 Å². The maximum absolute atomic E-state index is 10.8. The van der Waals surface area contributed by atoms with Crippen LogP contribution in [-0.4, -0.2) is 35.0 Å². The lowest BCUT2D eigenvalue weighted by Gasteiger charge is -2.33. The van der Waals surface area contributed by atoms with Gasteiger partial charge in [-0.15, -0.1) is 0 Å². The van der Waals surface area contributed by atoms with Crippen molar-refractivity contribution < 1.29 is 4.92 Å². The molecule has 0 aliphatic heterocycles. The molecule has 0 saturated heterocycles. The van der Waals surface area contributed by atoms with Crippen molar-refractivity contribution in [3.05, 3.63) is 10.1 Å². The second kappa shape index (κ2) is 4.92. The SMILES string of the molecule is CN(CC(C)(C)[N+](=O)[O-])C1CCCCC1. The Hall–Kier alpha value is -0.640. The van der Waals surface area contributed by atoms with Crippen LogP contribution in [0.4, 0.5) is 0 Å². The van der Waals surface area contributed by atoms with Gasteiger partial charge in [-0.25, -0.2) is 0 Å². The third-order valence-corrected chi connectivity index (χ3v) is 3.33. The summed E-state index contributed by atoms with van der Waals surface area (Å²) in [5, 5.41) is 10.8. The van der Waals surface area contributed by atoms with Crippen LogP contribution in [-0.2, 0) is 0 Å². The minimum Gasteiger partial charge on any atom is -0.297 e. The minimum atomic E-state index is -0.827. The molecule has 0 N–H and O–H groups in total. The first-order valence-electron chi connectivity index (χ1n) is 5.78. The Morgan fingerprint density at radius 3 is 2.33 bits per heavy atom. The summed E-state index contributed by atoms with van der Waals surface area (Å²) >= 11 is 0. The van der Waals surface area contributed by atoms with Crippen LogP contribution in [0.25, 0.3) is 0 Å². The van der Waals surface area contributed by atoms with E-state index in [0.29, 0.717) is 12.6 Å². The lowest BCUT2D eigenvalue weighted by molar-refractivity contribution is -0.561. The normalized spacial score (nSPS) is 19.5. The van der Waals surface area contributed by atoms with E-state index < -0.39 is 5.54 Å². The Labute approximate surface area is 91.8 Å². The van der Waals surface area contributed by atoms with Gasteiger partial charge in [-0.1, -0.05) is 19.3 Å². The first-order valence-corrected chi connectivity index (χ1v) is 5.78. The molecule has 0 spiro atoms. The Morgan fingerprint density at radius 2 is 1.87 bits per heavy atom. The van der Waals surface area contributed by atoms with E-state index in [1.54, 1.807) is 13.8 Å². The molecule has 0 heterocycles. The van der Waals surface area contributed by atoms with E-state index >= 15 is 0 Å². The van der Waals surface area contributed by atoms with Crippen molar-refractivity contribution in [1.29, 1.82) is 0 Å². The van der Waals surface area contributed by atoms with Gasteiger partial charge in [-0.05, 0) is 19.9 Å². The fourth-order valence-electron chi connectivity index (χ4n) is 2.32. The molecule has 0 radical (unpaired) electrons. The second-order valence-corrected chi connectivity index (χ2v) is 5.28. The van der Waals surface area contributed by atoms with E-state index in [4.69, 9.17) is 0 Å². The number of hydrogen-bond acceptors (Lipinski definition) is 3. The quantitative estimate of drug-likeness (QED) is 0.533. The first kappa shape index (κ1) is 12.4. The van der Waals surface area contributed by atoms with Crippen LogP contribution in [0.2, 0.25) is 0 Å². The Bertz CT molecular complexity index is 223. The summed E-state index contributed by atoms with van der Waals surface area (Å²) in [4.78, 5) is 12.8. The molecule has 0 aromatic heterocycles. The predicted molar refractivity (Wildman–Crippen MR) is 60.6 cm³/mol. The zero-order valence-electron chi connectivity index (χ0n) is 10.0. The van der Waals surface area contributed by atoms with E-state index in [9.17, 15) is 10.1 Å². The van der Waals surface area contributed by atoms with Crippen LogP contribution < -0.4 is 0 Å². The number of likely N-dealkylation sites (N-methyl/N-ethyl adjacent to an activating group) is 1. The molecule has 0 aromatic carbocycles. The van der Waals surface area contributed by atoms with Crippen LogP contribution in [0.15, 0.2) is 0 Å². The highest BCUT2D eigenvalue weighted by Gasteiger charge is 2.34. The third-order valence-electron chi connectivity index (χ3n) is 3.33. The smallest absolute Gasteiger partial charge is 0.229 e. The number of rotatable bonds is 4. The zero-order chi connectivity index (χ0) is 11.5. The van der Waals surface area contributed by atoms with Crippen molar-refractivity contribution >= 4 is 0 Å². The van der Waals surface area contributed by atoms with Crippen LogP contribution in [0, 0.1) is 10.1 Å². The Morgan fingerprint density at radius 1 is 1.33 bits per heavy atom. The van der Waals surface area contributed by atoms with Crippen LogP contribution >= 0.6 is 0 Å². The minimum absolute atomic E-state index is 0.174. The highest BCUT2D eigenvalue weighted by molar-refractivity contribution is 4.79.